The minimum atomic E-state index is -0.268. The molecule has 1 aliphatic rings. The smallest absolute Gasteiger partial charge is 0.276 e. The summed E-state index contributed by atoms with van der Waals surface area (Å²) < 4.78 is 7.11. The Hall–Kier alpha value is -3.26. The number of nitrogens with one attached hydrogen (secondary N) is 1. The summed E-state index contributed by atoms with van der Waals surface area (Å²) in [6.07, 6.45) is 5.13. The molecule has 144 valence electrons. The minimum Gasteiger partial charge on any atom is -0.378 e. The van der Waals surface area contributed by atoms with E-state index in [1.165, 1.54) is 0 Å². The number of rotatable bonds is 4. The molecule has 0 spiro atoms. The number of nitrogens with zero attached hydrogens (tertiary/aromatic N) is 5. The van der Waals surface area contributed by atoms with Gasteiger partial charge in [-0.2, -0.15) is 5.10 Å². The molecular weight excluding hydrogens is 356 g/mol. The molecule has 1 amide bonds. The van der Waals surface area contributed by atoms with Crippen molar-refractivity contribution < 1.29 is 9.53 Å². The van der Waals surface area contributed by atoms with Crippen molar-refractivity contribution in [3.8, 4) is 5.69 Å². The van der Waals surface area contributed by atoms with Crippen LogP contribution in [0.3, 0.4) is 0 Å². The molecule has 4 rings (SSSR count). The molecule has 8 nitrogen and oxygen atoms in total. The lowest BCUT2D eigenvalue weighted by Gasteiger charge is -2.31. The molecule has 0 unspecified atom stereocenters. The van der Waals surface area contributed by atoms with Gasteiger partial charge in [-0.05, 0) is 38.1 Å². The molecule has 1 N–H and O–H groups in total. The maximum Gasteiger partial charge on any atom is 0.276 e. The van der Waals surface area contributed by atoms with Gasteiger partial charge in [0.15, 0.2) is 5.69 Å². The van der Waals surface area contributed by atoms with Crippen LogP contribution in [0, 0.1) is 13.8 Å². The summed E-state index contributed by atoms with van der Waals surface area (Å²) in [5.74, 6) is -0.268. The number of pyridine rings is 2. The topological polar surface area (TPSA) is 85.2 Å². The quantitative estimate of drug-likeness (QED) is 0.750. The van der Waals surface area contributed by atoms with Gasteiger partial charge in [-0.3, -0.25) is 14.8 Å². The van der Waals surface area contributed by atoms with Crippen LogP contribution in [0.25, 0.3) is 5.69 Å². The molecule has 0 bridgehead atoms. The van der Waals surface area contributed by atoms with Crippen LogP contribution in [0.2, 0.25) is 0 Å². The first-order valence-electron chi connectivity index (χ1n) is 9.20. The number of carbonyl (C=O) groups excluding carboxylic acids is 1. The molecule has 0 atom stereocenters. The molecule has 0 aromatic carbocycles. The van der Waals surface area contributed by atoms with Crippen LogP contribution in [0.1, 0.15) is 21.9 Å². The Balaban J connectivity index is 1.60. The fourth-order valence-electron chi connectivity index (χ4n) is 3.28. The Morgan fingerprint density at radius 1 is 1.14 bits per heavy atom. The fourth-order valence-corrected chi connectivity index (χ4v) is 3.28. The lowest BCUT2D eigenvalue weighted by atomic mass is 10.2. The summed E-state index contributed by atoms with van der Waals surface area (Å²) in [5, 5.41) is 7.40. The summed E-state index contributed by atoms with van der Waals surface area (Å²) >= 11 is 0. The van der Waals surface area contributed by atoms with Crippen molar-refractivity contribution in [1.29, 1.82) is 0 Å². The molecular formula is C20H22N6O2. The van der Waals surface area contributed by atoms with E-state index in [0.29, 0.717) is 18.9 Å². The second kappa shape index (κ2) is 7.77. The molecule has 1 aliphatic heterocycles. The summed E-state index contributed by atoms with van der Waals surface area (Å²) in [6, 6.07) is 7.36. The van der Waals surface area contributed by atoms with E-state index in [2.05, 4.69) is 25.3 Å². The van der Waals surface area contributed by atoms with Crippen LogP contribution >= 0.6 is 0 Å². The lowest BCUT2D eigenvalue weighted by Crippen LogP contribution is -2.37. The van der Waals surface area contributed by atoms with E-state index in [-0.39, 0.29) is 5.91 Å². The van der Waals surface area contributed by atoms with Crippen molar-refractivity contribution >= 4 is 17.3 Å². The molecule has 3 aromatic heterocycles. The van der Waals surface area contributed by atoms with E-state index < -0.39 is 0 Å². The molecule has 1 fully saturated rings. The molecule has 0 aliphatic carbocycles. The number of carbonyl (C=O) groups is 1. The van der Waals surface area contributed by atoms with Gasteiger partial charge in [0.05, 0.1) is 36.0 Å². The Kier molecular flexibility index (Phi) is 5.03. The number of morpholine rings is 1. The van der Waals surface area contributed by atoms with Crippen LogP contribution in [-0.2, 0) is 4.74 Å². The van der Waals surface area contributed by atoms with Gasteiger partial charge in [-0.1, -0.05) is 0 Å². The number of anilines is 2. The highest BCUT2D eigenvalue weighted by molar-refractivity contribution is 6.05. The van der Waals surface area contributed by atoms with Crippen molar-refractivity contribution in [2.75, 3.05) is 36.5 Å². The maximum atomic E-state index is 12.9. The zero-order valence-corrected chi connectivity index (χ0v) is 15.9. The van der Waals surface area contributed by atoms with E-state index >= 15 is 0 Å². The van der Waals surface area contributed by atoms with E-state index in [9.17, 15) is 4.79 Å². The summed E-state index contributed by atoms with van der Waals surface area (Å²) in [4.78, 5) is 23.6. The van der Waals surface area contributed by atoms with Gasteiger partial charge in [-0.25, -0.2) is 4.68 Å². The van der Waals surface area contributed by atoms with Gasteiger partial charge in [0.2, 0.25) is 0 Å². The highest BCUT2D eigenvalue weighted by Crippen LogP contribution is 2.30. The molecule has 28 heavy (non-hydrogen) atoms. The van der Waals surface area contributed by atoms with E-state index in [0.717, 1.165) is 41.5 Å². The first-order valence-corrected chi connectivity index (χ1v) is 9.20. The number of aromatic nitrogens is 4. The first kappa shape index (κ1) is 18.1. The van der Waals surface area contributed by atoms with Gasteiger partial charge >= 0.3 is 0 Å². The molecule has 1 saturated heterocycles. The van der Waals surface area contributed by atoms with E-state index in [4.69, 9.17) is 4.74 Å². The number of aryl methyl sites for hydroxylation is 2. The Morgan fingerprint density at radius 2 is 1.89 bits per heavy atom. The van der Waals surface area contributed by atoms with E-state index in [1.54, 1.807) is 29.3 Å². The predicted molar refractivity (Wildman–Crippen MR) is 106 cm³/mol. The van der Waals surface area contributed by atoms with Gasteiger partial charge in [0, 0.05) is 37.4 Å². The van der Waals surface area contributed by atoms with Gasteiger partial charge in [-0.15, -0.1) is 0 Å². The summed E-state index contributed by atoms with van der Waals surface area (Å²) in [5.41, 5.74) is 4.56. The van der Waals surface area contributed by atoms with Crippen LogP contribution in [0.4, 0.5) is 11.4 Å². The number of hydrogen-bond acceptors (Lipinski definition) is 6. The average molecular weight is 378 g/mol. The average Bonchev–Trinajstić information content (AvgIpc) is 3.21. The highest BCUT2D eigenvalue weighted by Gasteiger charge is 2.20. The second-order valence-corrected chi connectivity index (χ2v) is 6.65. The van der Waals surface area contributed by atoms with Gasteiger partial charge in [0.25, 0.3) is 5.91 Å². The maximum absolute atomic E-state index is 12.9. The van der Waals surface area contributed by atoms with Crippen molar-refractivity contribution in [2.45, 2.75) is 13.8 Å². The summed E-state index contributed by atoms with van der Waals surface area (Å²) in [6.45, 7) is 6.76. The molecule has 4 heterocycles. The monoisotopic (exact) mass is 378 g/mol. The van der Waals surface area contributed by atoms with Crippen molar-refractivity contribution in [3.05, 3.63) is 59.9 Å². The minimum absolute atomic E-state index is 0.268. The third-order valence-corrected chi connectivity index (χ3v) is 4.65. The second-order valence-electron chi connectivity index (χ2n) is 6.65. The SMILES string of the molecule is Cc1cc(N2CCOCC2)c(NC(=O)c2ccn(-c3ccncc3)n2)c(C)n1. The largest absolute Gasteiger partial charge is 0.378 e. The Labute approximate surface area is 163 Å². The zero-order valence-electron chi connectivity index (χ0n) is 15.9. The lowest BCUT2D eigenvalue weighted by molar-refractivity contribution is 0.102. The zero-order chi connectivity index (χ0) is 19.5. The molecule has 0 saturated carbocycles. The van der Waals surface area contributed by atoms with Gasteiger partial charge in [0.1, 0.15) is 0 Å². The van der Waals surface area contributed by atoms with E-state index in [1.807, 2.05) is 32.0 Å². The molecule has 0 radical (unpaired) electrons. The first-order chi connectivity index (χ1) is 13.6. The fraction of sp³-hybridized carbons (Fsp3) is 0.300. The standard InChI is InChI=1S/C20H22N6O2/c1-14-13-18(25-9-11-28-12-10-25)19(15(2)22-14)23-20(27)17-5-8-26(24-17)16-3-6-21-7-4-16/h3-8,13H,9-12H2,1-2H3,(H,23,27). The van der Waals surface area contributed by atoms with Crippen LogP contribution in [-0.4, -0.2) is 52.0 Å². The predicted octanol–water partition coefficient (Wildman–Crippen LogP) is 2.37. The van der Waals surface area contributed by atoms with Gasteiger partial charge < -0.3 is 15.0 Å². The third kappa shape index (κ3) is 3.72. The van der Waals surface area contributed by atoms with Crippen LogP contribution in [0.5, 0.6) is 0 Å². The normalized spacial score (nSPS) is 14.1. The van der Waals surface area contributed by atoms with Crippen molar-refractivity contribution in [2.24, 2.45) is 0 Å². The molecule has 3 aromatic rings. The number of amides is 1. The summed E-state index contributed by atoms with van der Waals surface area (Å²) in [7, 11) is 0. The van der Waals surface area contributed by atoms with Crippen LogP contribution in [0.15, 0.2) is 42.9 Å². The van der Waals surface area contributed by atoms with Crippen molar-refractivity contribution in [1.82, 2.24) is 19.7 Å². The Morgan fingerprint density at radius 3 is 2.64 bits per heavy atom. The third-order valence-electron chi connectivity index (χ3n) is 4.65. The number of ether oxygens (including phenoxy) is 1. The molecule has 8 heteroatoms. The van der Waals surface area contributed by atoms with Crippen molar-refractivity contribution in [3.63, 3.8) is 0 Å². The Bertz CT molecular complexity index is 980. The van der Waals surface area contributed by atoms with Crippen LogP contribution < -0.4 is 10.2 Å². The highest BCUT2D eigenvalue weighted by atomic mass is 16.5. The number of hydrogen-bond donors (Lipinski definition) is 1.